The zero-order valence-corrected chi connectivity index (χ0v) is 12.4. The molecule has 4 nitrogen and oxygen atoms in total. The van der Waals surface area contributed by atoms with Crippen molar-refractivity contribution in [2.75, 3.05) is 4.90 Å². The number of piperidine rings is 1. The molecule has 4 heteroatoms. The second-order valence-corrected chi connectivity index (χ2v) is 5.82. The number of carbonyl (C=O) groups excluding carboxylic acids is 1. The van der Waals surface area contributed by atoms with E-state index in [0.717, 1.165) is 16.8 Å². The lowest BCUT2D eigenvalue weighted by atomic mass is 9.80. The normalized spacial score (nSPS) is 26.7. The predicted molar refractivity (Wildman–Crippen MR) is 77.8 cm³/mol. The average Bonchev–Trinajstić information content (AvgIpc) is 2.32. The molecule has 3 atom stereocenters. The fourth-order valence-corrected chi connectivity index (χ4v) is 3.07. The first-order valence-electron chi connectivity index (χ1n) is 6.95. The van der Waals surface area contributed by atoms with Crippen LogP contribution in [0.3, 0.4) is 0 Å². The number of hydrogen-bond donors (Lipinski definition) is 1. The fourth-order valence-electron chi connectivity index (χ4n) is 3.07. The van der Waals surface area contributed by atoms with Crippen LogP contribution < -0.4 is 4.90 Å². The van der Waals surface area contributed by atoms with Gasteiger partial charge in [0.25, 0.3) is 0 Å². The van der Waals surface area contributed by atoms with Gasteiger partial charge in [0.05, 0.1) is 5.92 Å². The molecule has 0 saturated carbocycles. The van der Waals surface area contributed by atoms with E-state index in [2.05, 4.69) is 0 Å². The molecule has 1 saturated heterocycles. The Hall–Kier alpha value is -1.84. The largest absolute Gasteiger partial charge is 0.481 e. The van der Waals surface area contributed by atoms with E-state index in [1.807, 2.05) is 45.9 Å². The monoisotopic (exact) mass is 275 g/mol. The zero-order valence-electron chi connectivity index (χ0n) is 12.4. The van der Waals surface area contributed by atoms with Gasteiger partial charge in [0.2, 0.25) is 5.91 Å². The van der Waals surface area contributed by atoms with Crippen molar-refractivity contribution in [3.63, 3.8) is 0 Å². The third kappa shape index (κ3) is 2.42. The van der Waals surface area contributed by atoms with Crippen molar-refractivity contribution >= 4 is 17.6 Å². The van der Waals surface area contributed by atoms with Crippen molar-refractivity contribution in [3.05, 3.63) is 29.3 Å². The number of carboxylic acids is 1. The van der Waals surface area contributed by atoms with Crippen LogP contribution in [0.4, 0.5) is 5.69 Å². The molecule has 1 aliphatic heterocycles. The van der Waals surface area contributed by atoms with E-state index in [1.54, 1.807) is 4.90 Å². The van der Waals surface area contributed by atoms with Gasteiger partial charge in [-0.15, -0.1) is 0 Å². The highest BCUT2D eigenvalue weighted by molar-refractivity contribution is 5.96. The first-order chi connectivity index (χ1) is 9.32. The van der Waals surface area contributed by atoms with Gasteiger partial charge in [-0.25, -0.2) is 0 Å². The number of aryl methyl sites for hydroxylation is 2. The van der Waals surface area contributed by atoms with E-state index < -0.39 is 11.9 Å². The highest BCUT2D eigenvalue weighted by Gasteiger charge is 2.42. The van der Waals surface area contributed by atoms with E-state index in [1.165, 1.54) is 0 Å². The number of carbonyl (C=O) groups is 2. The van der Waals surface area contributed by atoms with Crippen LogP contribution in [0.2, 0.25) is 0 Å². The van der Waals surface area contributed by atoms with E-state index >= 15 is 0 Å². The van der Waals surface area contributed by atoms with E-state index in [9.17, 15) is 14.7 Å². The number of anilines is 1. The summed E-state index contributed by atoms with van der Waals surface area (Å²) >= 11 is 0. The highest BCUT2D eigenvalue weighted by Crippen LogP contribution is 2.34. The van der Waals surface area contributed by atoms with Gasteiger partial charge in [-0.05, 0) is 49.9 Å². The lowest BCUT2D eigenvalue weighted by Crippen LogP contribution is -2.53. The van der Waals surface area contributed by atoms with Gasteiger partial charge in [0.15, 0.2) is 0 Å². The molecule has 3 unspecified atom stereocenters. The second kappa shape index (κ2) is 5.27. The summed E-state index contributed by atoms with van der Waals surface area (Å²) < 4.78 is 0. The Labute approximate surface area is 119 Å². The van der Waals surface area contributed by atoms with Gasteiger partial charge in [-0.3, -0.25) is 9.59 Å². The SMILES string of the molecule is Cc1ccc(N2C(=O)CC(C)C(C(=O)O)C2C)cc1C. The third-order valence-corrected chi connectivity index (χ3v) is 4.36. The molecule has 20 heavy (non-hydrogen) atoms. The summed E-state index contributed by atoms with van der Waals surface area (Å²) in [5.74, 6) is -1.47. The van der Waals surface area contributed by atoms with Crippen LogP contribution in [-0.4, -0.2) is 23.0 Å². The Morgan fingerprint density at radius 3 is 2.45 bits per heavy atom. The maximum absolute atomic E-state index is 12.3. The first-order valence-corrected chi connectivity index (χ1v) is 6.95. The van der Waals surface area contributed by atoms with Crippen LogP contribution in [0.5, 0.6) is 0 Å². The van der Waals surface area contributed by atoms with Gasteiger partial charge in [0, 0.05) is 18.2 Å². The Morgan fingerprint density at radius 2 is 1.90 bits per heavy atom. The van der Waals surface area contributed by atoms with Crippen molar-refractivity contribution in [2.45, 2.75) is 40.2 Å². The quantitative estimate of drug-likeness (QED) is 0.903. The number of aliphatic carboxylic acids is 1. The summed E-state index contributed by atoms with van der Waals surface area (Å²) in [5.41, 5.74) is 3.06. The molecule has 0 bridgehead atoms. The molecule has 0 aromatic heterocycles. The van der Waals surface area contributed by atoms with E-state index in [-0.39, 0.29) is 24.3 Å². The van der Waals surface area contributed by atoms with Crippen molar-refractivity contribution < 1.29 is 14.7 Å². The average molecular weight is 275 g/mol. The van der Waals surface area contributed by atoms with Gasteiger partial charge >= 0.3 is 5.97 Å². The highest BCUT2D eigenvalue weighted by atomic mass is 16.4. The predicted octanol–water partition coefficient (Wildman–Crippen LogP) is 2.77. The molecule has 1 amide bonds. The summed E-state index contributed by atoms with van der Waals surface area (Å²) in [5, 5.41) is 9.39. The Morgan fingerprint density at radius 1 is 1.25 bits per heavy atom. The number of amides is 1. The molecule has 1 aromatic carbocycles. The van der Waals surface area contributed by atoms with E-state index in [4.69, 9.17) is 0 Å². The van der Waals surface area contributed by atoms with Crippen molar-refractivity contribution in [2.24, 2.45) is 11.8 Å². The fraction of sp³-hybridized carbons (Fsp3) is 0.500. The van der Waals surface area contributed by atoms with Crippen LogP contribution in [0.25, 0.3) is 0 Å². The van der Waals surface area contributed by atoms with Crippen LogP contribution in [0.15, 0.2) is 18.2 Å². The molecular weight excluding hydrogens is 254 g/mol. The second-order valence-electron chi connectivity index (χ2n) is 5.82. The van der Waals surface area contributed by atoms with Gasteiger partial charge in [-0.1, -0.05) is 13.0 Å². The van der Waals surface area contributed by atoms with Gasteiger partial charge < -0.3 is 10.0 Å². The van der Waals surface area contributed by atoms with Crippen LogP contribution in [0, 0.1) is 25.7 Å². The number of hydrogen-bond acceptors (Lipinski definition) is 2. The lowest BCUT2D eigenvalue weighted by Gasteiger charge is -2.40. The Kier molecular flexibility index (Phi) is 3.84. The molecule has 0 aliphatic carbocycles. The van der Waals surface area contributed by atoms with Crippen LogP contribution in [0.1, 0.15) is 31.4 Å². The minimum Gasteiger partial charge on any atom is -0.481 e. The van der Waals surface area contributed by atoms with E-state index in [0.29, 0.717) is 0 Å². The first kappa shape index (κ1) is 14.6. The van der Waals surface area contributed by atoms with Gasteiger partial charge in [0.1, 0.15) is 0 Å². The Balaban J connectivity index is 2.40. The number of rotatable bonds is 2. The van der Waals surface area contributed by atoms with Crippen LogP contribution in [-0.2, 0) is 9.59 Å². The van der Waals surface area contributed by atoms with Crippen molar-refractivity contribution in [1.82, 2.24) is 0 Å². The summed E-state index contributed by atoms with van der Waals surface area (Å²) in [4.78, 5) is 25.4. The van der Waals surface area contributed by atoms with Crippen molar-refractivity contribution in [1.29, 1.82) is 0 Å². The molecule has 0 radical (unpaired) electrons. The van der Waals surface area contributed by atoms with Crippen LogP contribution >= 0.6 is 0 Å². The molecular formula is C16H21NO3. The minimum atomic E-state index is -0.827. The molecule has 1 N–H and O–H groups in total. The topological polar surface area (TPSA) is 57.6 Å². The molecule has 2 rings (SSSR count). The molecule has 1 aliphatic rings. The molecule has 1 fully saturated rings. The number of benzene rings is 1. The summed E-state index contributed by atoms with van der Waals surface area (Å²) in [6, 6.07) is 5.49. The summed E-state index contributed by atoms with van der Waals surface area (Å²) in [6.07, 6.45) is 0.286. The molecule has 108 valence electrons. The van der Waals surface area contributed by atoms with Crippen molar-refractivity contribution in [3.8, 4) is 0 Å². The standard InChI is InChI=1S/C16H21NO3/c1-9-5-6-13(7-10(9)2)17-12(4)15(16(19)20)11(3)8-14(17)18/h5-7,11-12,15H,8H2,1-4H3,(H,19,20). The zero-order chi connectivity index (χ0) is 15.0. The number of carboxylic acid groups (broad SMARTS) is 1. The number of nitrogens with zero attached hydrogens (tertiary/aromatic N) is 1. The third-order valence-electron chi connectivity index (χ3n) is 4.36. The summed E-state index contributed by atoms with van der Waals surface area (Å²) in [6.45, 7) is 7.67. The molecule has 1 heterocycles. The maximum Gasteiger partial charge on any atom is 0.308 e. The Bertz CT molecular complexity index is 553. The summed E-state index contributed by atoms with van der Waals surface area (Å²) in [7, 11) is 0. The smallest absolute Gasteiger partial charge is 0.308 e. The maximum atomic E-state index is 12.3. The lowest BCUT2D eigenvalue weighted by molar-refractivity contribution is -0.146. The molecule has 1 aromatic rings. The van der Waals surface area contributed by atoms with Gasteiger partial charge in [-0.2, -0.15) is 0 Å². The molecule has 0 spiro atoms. The minimum absolute atomic E-state index is 0.00533.